The zero-order valence-electron chi connectivity index (χ0n) is 16.8. The number of methoxy groups -OCH3 is 1. The lowest BCUT2D eigenvalue weighted by molar-refractivity contribution is -0.127. The summed E-state index contributed by atoms with van der Waals surface area (Å²) in [5.41, 5.74) is 0. The molecule has 2 amide bonds. The number of carbonyl (C=O) groups is 3. The third-order valence-corrected chi connectivity index (χ3v) is 4.20. The van der Waals surface area contributed by atoms with Crippen LogP contribution in [-0.2, 0) is 23.9 Å². The highest BCUT2D eigenvalue weighted by Gasteiger charge is 2.26. The van der Waals surface area contributed by atoms with E-state index in [1.165, 1.54) is 7.11 Å². The van der Waals surface area contributed by atoms with Crippen LogP contribution in [-0.4, -0.2) is 57.1 Å². The average molecular weight is 373 g/mol. The van der Waals surface area contributed by atoms with Crippen molar-refractivity contribution >= 4 is 17.6 Å². The normalized spacial score (nSPS) is 19.1. The lowest BCUT2D eigenvalue weighted by Crippen LogP contribution is -2.42. The lowest BCUT2D eigenvalue weighted by atomic mass is 9.85. The number of Topliss-reactive ketones (excluding diaryl/α,β-unsaturated/α-hetero) is 1. The Kier molecular flexibility index (Phi) is 14.9. The van der Waals surface area contributed by atoms with E-state index in [-0.39, 0.29) is 36.2 Å². The van der Waals surface area contributed by atoms with Gasteiger partial charge in [-0.1, -0.05) is 20.8 Å². The smallest absolute Gasteiger partial charge is 0.246 e. The topological polar surface area (TPSA) is 93.7 Å². The number of hydrogen-bond donors (Lipinski definition) is 2. The molecule has 0 heterocycles. The molecule has 1 aliphatic carbocycles. The third kappa shape index (κ3) is 11.2. The van der Waals surface area contributed by atoms with Gasteiger partial charge in [0.25, 0.3) is 0 Å². The molecule has 2 N–H and O–H groups in total. The van der Waals surface area contributed by atoms with E-state index in [0.717, 1.165) is 25.7 Å². The fourth-order valence-corrected chi connectivity index (χ4v) is 2.76. The molecular formula is C19H36N2O5. The molecule has 1 fully saturated rings. The summed E-state index contributed by atoms with van der Waals surface area (Å²) in [5, 5.41) is 5.79. The number of hydrogen-bond acceptors (Lipinski definition) is 5. The van der Waals surface area contributed by atoms with Crippen molar-refractivity contribution in [1.82, 2.24) is 10.6 Å². The van der Waals surface area contributed by atoms with Gasteiger partial charge in [-0.2, -0.15) is 0 Å². The van der Waals surface area contributed by atoms with Gasteiger partial charge in [-0.05, 0) is 25.7 Å². The maximum atomic E-state index is 12.1. The third-order valence-electron chi connectivity index (χ3n) is 4.20. The summed E-state index contributed by atoms with van der Waals surface area (Å²) in [7, 11) is 1.49. The number of rotatable bonds is 11. The molecule has 1 rings (SSSR count). The number of carbonyl (C=O) groups excluding carboxylic acids is 3. The summed E-state index contributed by atoms with van der Waals surface area (Å²) >= 11 is 0. The fraction of sp³-hybridized carbons (Fsp3) is 0.842. The van der Waals surface area contributed by atoms with E-state index in [4.69, 9.17) is 9.47 Å². The maximum absolute atomic E-state index is 12.1. The SMILES string of the molecule is CC.CCC(=O)CCOCCNC(=O)C1CCC(NC(=O)COC)CC1. The minimum absolute atomic E-state index is 0.00208. The molecule has 1 saturated carbocycles. The number of amides is 2. The Morgan fingerprint density at radius 1 is 1.04 bits per heavy atom. The molecule has 7 heteroatoms. The van der Waals surface area contributed by atoms with Crippen LogP contribution < -0.4 is 10.6 Å². The van der Waals surface area contributed by atoms with Crippen molar-refractivity contribution in [3.05, 3.63) is 0 Å². The van der Waals surface area contributed by atoms with Crippen molar-refractivity contribution in [2.24, 2.45) is 5.92 Å². The van der Waals surface area contributed by atoms with Crippen molar-refractivity contribution in [3.8, 4) is 0 Å². The molecule has 0 radical (unpaired) electrons. The number of nitrogens with one attached hydrogen (secondary N) is 2. The predicted molar refractivity (Wildman–Crippen MR) is 101 cm³/mol. The van der Waals surface area contributed by atoms with E-state index in [2.05, 4.69) is 10.6 Å². The maximum Gasteiger partial charge on any atom is 0.246 e. The summed E-state index contributed by atoms with van der Waals surface area (Å²) in [6, 6.07) is 0.135. The molecule has 0 aliphatic heterocycles. The van der Waals surface area contributed by atoms with Crippen LogP contribution in [0, 0.1) is 5.92 Å². The lowest BCUT2D eigenvalue weighted by Gasteiger charge is -2.28. The molecule has 0 bridgehead atoms. The van der Waals surface area contributed by atoms with Crippen LogP contribution >= 0.6 is 0 Å². The first kappa shape index (κ1) is 24.5. The van der Waals surface area contributed by atoms with Gasteiger partial charge in [0, 0.05) is 38.5 Å². The van der Waals surface area contributed by atoms with Crippen molar-refractivity contribution in [3.63, 3.8) is 0 Å². The summed E-state index contributed by atoms with van der Waals surface area (Å²) in [6.45, 7) is 7.20. The second-order valence-corrected chi connectivity index (χ2v) is 6.09. The fourth-order valence-electron chi connectivity index (χ4n) is 2.76. The van der Waals surface area contributed by atoms with Gasteiger partial charge in [-0.3, -0.25) is 14.4 Å². The number of ketones is 1. The Morgan fingerprint density at radius 2 is 1.69 bits per heavy atom. The van der Waals surface area contributed by atoms with Crippen LogP contribution in [0.2, 0.25) is 0 Å². The van der Waals surface area contributed by atoms with Crippen molar-refractivity contribution in [2.75, 3.05) is 33.5 Å². The molecule has 0 aromatic carbocycles. The molecule has 0 atom stereocenters. The molecule has 0 saturated heterocycles. The molecule has 0 aromatic heterocycles. The second-order valence-electron chi connectivity index (χ2n) is 6.09. The van der Waals surface area contributed by atoms with Crippen LogP contribution in [0.1, 0.15) is 59.3 Å². The molecule has 152 valence electrons. The summed E-state index contributed by atoms with van der Waals surface area (Å²) < 4.78 is 10.1. The quantitative estimate of drug-likeness (QED) is 0.540. The van der Waals surface area contributed by atoms with Gasteiger partial charge in [-0.15, -0.1) is 0 Å². The predicted octanol–water partition coefficient (Wildman–Crippen LogP) is 1.84. The van der Waals surface area contributed by atoms with Crippen molar-refractivity contribution in [2.45, 2.75) is 65.3 Å². The van der Waals surface area contributed by atoms with Gasteiger partial charge in [0.15, 0.2) is 0 Å². The van der Waals surface area contributed by atoms with Gasteiger partial charge in [-0.25, -0.2) is 0 Å². The van der Waals surface area contributed by atoms with Crippen LogP contribution in [0.5, 0.6) is 0 Å². The minimum Gasteiger partial charge on any atom is -0.379 e. The number of ether oxygens (including phenoxy) is 2. The van der Waals surface area contributed by atoms with Crippen molar-refractivity contribution in [1.29, 1.82) is 0 Å². The largest absolute Gasteiger partial charge is 0.379 e. The molecule has 0 unspecified atom stereocenters. The molecule has 0 spiro atoms. The highest BCUT2D eigenvalue weighted by Crippen LogP contribution is 2.24. The van der Waals surface area contributed by atoms with Crippen molar-refractivity contribution < 1.29 is 23.9 Å². The standard InChI is InChI=1S/C17H30N2O5.C2H6/c1-3-15(20)8-10-24-11-9-18-17(22)13-4-6-14(7-5-13)19-16(21)12-23-2;1-2/h13-14H,3-12H2,1-2H3,(H,18,22)(H,19,21);1-2H3. The van der Waals surface area contributed by atoms with E-state index in [1.54, 1.807) is 0 Å². The van der Waals surface area contributed by atoms with Crippen LogP contribution in [0.25, 0.3) is 0 Å². The highest BCUT2D eigenvalue weighted by atomic mass is 16.5. The monoisotopic (exact) mass is 372 g/mol. The first-order chi connectivity index (χ1) is 12.6. The van der Waals surface area contributed by atoms with Crippen LogP contribution in [0.3, 0.4) is 0 Å². The Balaban J connectivity index is 0.00000301. The zero-order chi connectivity index (χ0) is 19.8. The average Bonchev–Trinajstić information content (AvgIpc) is 2.66. The first-order valence-electron chi connectivity index (χ1n) is 9.72. The zero-order valence-corrected chi connectivity index (χ0v) is 16.8. The highest BCUT2D eigenvalue weighted by molar-refractivity contribution is 5.79. The molecule has 26 heavy (non-hydrogen) atoms. The molecule has 1 aliphatic rings. The summed E-state index contributed by atoms with van der Waals surface area (Å²) in [6.07, 6.45) is 4.13. The van der Waals surface area contributed by atoms with E-state index in [0.29, 0.717) is 32.6 Å². The summed E-state index contributed by atoms with van der Waals surface area (Å²) in [5.74, 6) is 0.129. The molecule has 7 nitrogen and oxygen atoms in total. The van der Waals surface area contributed by atoms with E-state index >= 15 is 0 Å². The Labute approximate surface area is 157 Å². The van der Waals surface area contributed by atoms with Gasteiger partial charge in [0.1, 0.15) is 12.4 Å². The van der Waals surface area contributed by atoms with Crippen LogP contribution in [0.15, 0.2) is 0 Å². The van der Waals surface area contributed by atoms with E-state index < -0.39 is 0 Å². The Bertz CT molecular complexity index is 407. The van der Waals surface area contributed by atoms with Gasteiger partial charge < -0.3 is 20.1 Å². The van der Waals surface area contributed by atoms with E-state index in [9.17, 15) is 14.4 Å². The Morgan fingerprint density at radius 3 is 2.27 bits per heavy atom. The first-order valence-corrected chi connectivity index (χ1v) is 9.72. The van der Waals surface area contributed by atoms with Gasteiger partial charge in [0.05, 0.1) is 13.2 Å². The van der Waals surface area contributed by atoms with Crippen LogP contribution in [0.4, 0.5) is 0 Å². The molecule has 0 aromatic rings. The summed E-state index contributed by atoms with van der Waals surface area (Å²) in [4.78, 5) is 34.7. The Hall–Kier alpha value is -1.47. The van der Waals surface area contributed by atoms with E-state index in [1.807, 2.05) is 20.8 Å². The molecular weight excluding hydrogens is 336 g/mol. The minimum atomic E-state index is -0.107. The van der Waals surface area contributed by atoms with Gasteiger partial charge in [0.2, 0.25) is 11.8 Å². The second kappa shape index (κ2) is 15.8. The van der Waals surface area contributed by atoms with Gasteiger partial charge >= 0.3 is 0 Å².